The van der Waals surface area contributed by atoms with Crippen LogP contribution in [0.2, 0.25) is 5.02 Å². The third-order valence-corrected chi connectivity index (χ3v) is 4.73. The number of benzene rings is 1. The lowest BCUT2D eigenvalue weighted by Crippen LogP contribution is -2.54. The van der Waals surface area contributed by atoms with Crippen LogP contribution in [-0.4, -0.2) is 66.2 Å². The fraction of sp³-hybridized carbons (Fsp3) is 0.588. The minimum atomic E-state index is -0.152. The molecule has 5 nitrogen and oxygen atoms in total. The van der Waals surface area contributed by atoms with Crippen LogP contribution in [0.5, 0.6) is 0 Å². The van der Waals surface area contributed by atoms with Crippen molar-refractivity contribution in [3.05, 3.63) is 34.9 Å². The molecule has 1 heterocycles. The minimum absolute atomic E-state index is 0.0436. The Morgan fingerprint density at radius 2 is 1.83 bits per heavy atom. The van der Waals surface area contributed by atoms with Crippen LogP contribution in [0.1, 0.15) is 25.5 Å². The first-order chi connectivity index (χ1) is 11.0. The van der Waals surface area contributed by atoms with Gasteiger partial charge in [-0.3, -0.25) is 14.6 Å². The van der Waals surface area contributed by atoms with Crippen LogP contribution >= 0.6 is 11.6 Å². The Morgan fingerprint density at radius 3 is 2.39 bits per heavy atom. The lowest BCUT2D eigenvalue weighted by Gasteiger charge is -2.37. The molecule has 1 fully saturated rings. The number of hydrogen-bond donors (Lipinski definition) is 2. The first-order valence-electron chi connectivity index (χ1n) is 8.14. The maximum absolute atomic E-state index is 12.5. The number of carbonyl (C=O) groups is 1. The Morgan fingerprint density at radius 1 is 1.22 bits per heavy atom. The van der Waals surface area contributed by atoms with E-state index in [1.807, 2.05) is 38.1 Å². The molecule has 1 aliphatic rings. The van der Waals surface area contributed by atoms with Crippen LogP contribution in [0.3, 0.4) is 0 Å². The van der Waals surface area contributed by atoms with E-state index in [0.717, 1.165) is 31.7 Å². The Kier molecular flexibility index (Phi) is 6.84. The van der Waals surface area contributed by atoms with Gasteiger partial charge >= 0.3 is 0 Å². The van der Waals surface area contributed by atoms with E-state index in [2.05, 4.69) is 15.1 Å². The molecule has 2 N–H and O–H groups in total. The number of nitrogens with zero attached hydrogens (tertiary/aromatic N) is 2. The van der Waals surface area contributed by atoms with Gasteiger partial charge in [-0.25, -0.2) is 0 Å². The van der Waals surface area contributed by atoms with Crippen molar-refractivity contribution in [3.63, 3.8) is 0 Å². The van der Waals surface area contributed by atoms with E-state index in [9.17, 15) is 4.79 Å². The summed E-state index contributed by atoms with van der Waals surface area (Å²) >= 11 is 5.89. The van der Waals surface area contributed by atoms with Gasteiger partial charge in [-0.05, 0) is 31.5 Å². The number of aliphatic hydroxyl groups is 1. The molecule has 1 amide bonds. The summed E-state index contributed by atoms with van der Waals surface area (Å²) < 4.78 is 0. The number of piperazine rings is 1. The van der Waals surface area contributed by atoms with Crippen LogP contribution in [0, 0.1) is 0 Å². The SMILES string of the molecule is CC(NC(=O)C(C)N1CCN(CCO)CC1)c1ccc(Cl)cc1. The molecule has 2 rings (SSSR count). The molecule has 1 aromatic carbocycles. The first-order valence-corrected chi connectivity index (χ1v) is 8.52. The zero-order chi connectivity index (χ0) is 16.8. The topological polar surface area (TPSA) is 55.8 Å². The molecular formula is C17H26ClN3O2. The summed E-state index contributed by atoms with van der Waals surface area (Å²) in [6.07, 6.45) is 0. The molecule has 2 unspecified atom stereocenters. The van der Waals surface area contributed by atoms with Gasteiger partial charge in [0, 0.05) is 37.7 Å². The van der Waals surface area contributed by atoms with Crippen LogP contribution in [0.4, 0.5) is 0 Å². The monoisotopic (exact) mass is 339 g/mol. The van der Waals surface area contributed by atoms with Crippen molar-refractivity contribution in [1.82, 2.24) is 15.1 Å². The summed E-state index contributed by atoms with van der Waals surface area (Å²) in [4.78, 5) is 16.9. The van der Waals surface area contributed by atoms with Crippen molar-refractivity contribution in [2.45, 2.75) is 25.9 Å². The van der Waals surface area contributed by atoms with Gasteiger partial charge in [-0.2, -0.15) is 0 Å². The van der Waals surface area contributed by atoms with Gasteiger partial charge in [0.1, 0.15) is 0 Å². The van der Waals surface area contributed by atoms with Crippen molar-refractivity contribution in [2.75, 3.05) is 39.3 Å². The number of nitrogens with one attached hydrogen (secondary N) is 1. The summed E-state index contributed by atoms with van der Waals surface area (Å²) in [5.74, 6) is 0.0445. The highest BCUT2D eigenvalue weighted by molar-refractivity contribution is 6.30. The number of halogens is 1. The highest BCUT2D eigenvalue weighted by Crippen LogP contribution is 2.16. The molecule has 1 aromatic rings. The van der Waals surface area contributed by atoms with Crippen LogP contribution < -0.4 is 5.32 Å². The molecule has 1 saturated heterocycles. The Labute approximate surface area is 143 Å². The number of β-amino-alcohol motifs (C(OH)–C–C–N with tert-alkyl or cyclic N) is 1. The standard InChI is InChI=1S/C17H26ClN3O2/c1-13(15-3-5-16(18)6-4-15)19-17(23)14(2)21-9-7-20(8-10-21)11-12-22/h3-6,13-14,22H,7-12H2,1-2H3,(H,19,23). The molecule has 6 heteroatoms. The van der Waals surface area contributed by atoms with Gasteiger partial charge in [0.2, 0.25) is 5.91 Å². The number of carbonyl (C=O) groups excluding carboxylic acids is 1. The zero-order valence-electron chi connectivity index (χ0n) is 13.8. The second-order valence-electron chi connectivity index (χ2n) is 6.06. The molecule has 1 aliphatic heterocycles. The Bertz CT molecular complexity index is 501. The molecule has 0 aromatic heterocycles. The summed E-state index contributed by atoms with van der Waals surface area (Å²) in [7, 11) is 0. The highest BCUT2D eigenvalue weighted by Gasteiger charge is 2.26. The van der Waals surface area contributed by atoms with Crippen molar-refractivity contribution in [1.29, 1.82) is 0 Å². The zero-order valence-corrected chi connectivity index (χ0v) is 14.6. The van der Waals surface area contributed by atoms with Crippen molar-refractivity contribution in [3.8, 4) is 0 Å². The molecule has 0 aliphatic carbocycles. The van der Waals surface area contributed by atoms with Gasteiger partial charge in [-0.15, -0.1) is 0 Å². The van der Waals surface area contributed by atoms with Gasteiger partial charge in [0.15, 0.2) is 0 Å². The average molecular weight is 340 g/mol. The van der Waals surface area contributed by atoms with E-state index in [4.69, 9.17) is 16.7 Å². The number of rotatable bonds is 6. The summed E-state index contributed by atoms with van der Waals surface area (Å²) in [5, 5.41) is 12.7. The van der Waals surface area contributed by atoms with Gasteiger partial charge < -0.3 is 10.4 Å². The lowest BCUT2D eigenvalue weighted by molar-refractivity contribution is -0.127. The van der Waals surface area contributed by atoms with Gasteiger partial charge in [-0.1, -0.05) is 23.7 Å². The van der Waals surface area contributed by atoms with E-state index in [0.29, 0.717) is 11.6 Å². The molecule has 0 saturated carbocycles. The summed E-state index contributed by atoms with van der Waals surface area (Å²) in [5.41, 5.74) is 1.04. The van der Waals surface area contributed by atoms with Crippen LogP contribution in [0.15, 0.2) is 24.3 Å². The van der Waals surface area contributed by atoms with Crippen molar-refractivity contribution < 1.29 is 9.90 Å². The third-order valence-electron chi connectivity index (χ3n) is 4.48. The maximum atomic E-state index is 12.5. The highest BCUT2D eigenvalue weighted by atomic mass is 35.5. The summed E-state index contributed by atoms with van der Waals surface area (Å²) in [6.45, 7) is 8.32. The molecule has 2 atom stereocenters. The predicted molar refractivity (Wildman–Crippen MR) is 92.6 cm³/mol. The van der Waals surface area contributed by atoms with Crippen LogP contribution in [-0.2, 0) is 4.79 Å². The second kappa shape index (κ2) is 8.64. The van der Waals surface area contributed by atoms with E-state index >= 15 is 0 Å². The van der Waals surface area contributed by atoms with E-state index < -0.39 is 0 Å². The van der Waals surface area contributed by atoms with Crippen LogP contribution in [0.25, 0.3) is 0 Å². The first kappa shape index (κ1) is 18.2. The average Bonchev–Trinajstić information content (AvgIpc) is 2.55. The number of amides is 1. The Hall–Kier alpha value is -1.14. The van der Waals surface area contributed by atoms with Gasteiger partial charge in [0.25, 0.3) is 0 Å². The molecule has 0 radical (unpaired) electrons. The number of hydrogen-bond acceptors (Lipinski definition) is 4. The normalized spacial score (nSPS) is 19.3. The lowest BCUT2D eigenvalue weighted by atomic mass is 10.1. The fourth-order valence-corrected chi connectivity index (χ4v) is 2.98. The van der Waals surface area contributed by atoms with E-state index in [-0.39, 0.29) is 24.6 Å². The van der Waals surface area contributed by atoms with Crippen molar-refractivity contribution >= 4 is 17.5 Å². The predicted octanol–water partition coefficient (Wildman–Crippen LogP) is 1.52. The largest absolute Gasteiger partial charge is 0.395 e. The van der Waals surface area contributed by atoms with E-state index in [1.54, 1.807) is 0 Å². The maximum Gasteiger partial charge on any atom is 0.237 e. The third kappa shape index (κ3) is 5.18. The Balaban J connectivity index is 1.84. The quantitative estimate of drug-likeness (QED) is 0.825. The van der Waals surface area contributed by atoms with Gasteiger partial charge in [0.05, 0.1) is 18.7 Å². The molecule has 0 bridgehead atoms. The van der Waals surface area contributed by atoms with Crippen molar-refractivity contribution in [2.24, 2.45) is 0 Å². The molecule has 0 spiro atoms. The van der Waals surface area contributed by atoms with E-state index in [1.165, 1.54) is 0 Å². The summed E-state index contributed by atoms with van der Waals surface area (Å²) in [6, 6.07) is 7.35. The minimum Gasteiger partial charge on any atom is -0.395 e. The fourth-order valence-electron chi connectivity index (χ4n) is 2.85. The molecular weight excluding hydrogens is 314 g/mol. The number of aliphatic hydroxyl groups excluding tert-OH is 1. The smallest absolute Gasteiger partial charge is 0.237 e. The molecule has 128 valence electrons. The molecule has 23 heavy (non-hydrogen) atoms. The second-order valence-corrected chi connectivity index (χ2v) is 6.50.